The maximum atomic E-state index is 13.8. The molecule has 0 spiro atoms. The summed E-state index contributed by atoms with van der Waals surface area (Å²) in [7, 11) is 1.46. The maximum Gasteiger partial charge on any atom is 0.326 e. The third kappa shape index (κ3) is 8.74. The number of carbonyl (C=O) groups is 4. The van der Waals surface area contributed by atoms with E-state index in [0.29, 0.717) is 10.0 Å². The summed E-state index contributed by atoms with van der Waals surface area (Å²) in [6.07, 6.45) is -0.0314. The van der Waals surface area contributed by atoms with Crippen LogP contribution in [0.2, 0.25) is 10.0 Å². The lowest BCUT2D eigenvalue weighted by atomic mass is 10.0. The minimum Gasteiger partial charge on any atom is -0.480 e. The Morgan fingerprint density at radius 2 is 1.55 bits per heavy atom. The van der Waals surface area contributed by atoms with Crippen LogP contribution < -0.4 is 0 Å². The van der Waals surface area contributed by atoms with Crippen molar-refractivity contribution in [3.63, 3.8) is 0 Å². The number of aliphatic carboxylic acids is 1. The molecule has 1 fully saturated rings. The van der Waals surface area contributed by atoms with E-state index in [1.54, 1.807) is 55.5 Å². The maximum absolute atomic E-state index is 13.8. The topological polar surface area (TPSA) is 107 Å². The van der Waals surface area contributed by atoms with E-state index in [0.717, 1.165) is 16.0 Å². The number of benzene rings is 2. The van der Waals surface area contributed by atoms with Gasteiger partial charge in [-0.1, -0.05) is 77.6 Å². The number of carboxylic acids is 1. The number of carboxylic acid groups (broad SMARTS) is 1. The number of hydrogen-bond donors (Lipinski definition) is 1. The van der Waals surface area contributed by atoms with Gasteiger partial charge >= 0.3 is 5.97 Å². The summed E-state index contributed by atoms with van der Waals surface area (Å²) >= 11 is 25.3. The van der Waals surface area contributed by atoms with Crippen LogP contribution in [0.15, 0.2) is 48.5 Å². The molecule has 1 aliphatic rings. The van der Waals surface area contributed by atoms with E-state index in [1.165, 1.54) is 16.9 Å². The van der Waals surface area contributed by atoms with Gasteiger partial charge in [0, 0.05) is 36.5 Å². The first-order chi connectivity index (χ1) is 20.0. The number of amides is 3. The molecule has 228 valence electrons. The third-order valence-electron chi connectivity index (χ3n) is 7.04. The fourth-order valence-corrected chi connectivity index (χ4v) is 5.86. The number of rotatable bonds is 14. The van der Waals surface area contributed by atoms with Gasteiger partial charge in [-0.2, -0.15) is 0 Å². The van der Waals surface area contributed by atoms with E-state index in [9.17, 15) is 24.3 Å². The van der Waals surface area contributed by atoms with E-state index in [-0.39, 0.29) is 39.0 Å². The standard InChI is InChI=1S/C29H33Cl4N3O6/c1-3-22(29(40)41)36(25(33)15-19-6-10-21(31)11-7-19)26(37)16-23-28(39)35(17-27(38)34(23)12-13-42-2)24(32)14-18-4-8-20(30)9-5-18/h4-11,22-25H,3,12-17H2,1-2H3,(H,40,41). The Balaban J connectivity index is 1.89. The molecule has 1 heterocycles. The molecule has 1 N–H and O–H groups in total. The van der Waals surface area contributed by atoms with Crippen molar-refractivity contribution in [1.82, 2.24) is 14.7 Å². The van der Waals surface area contributed by atoms with Gasteiger partial charge < -0.3 is 24.5 Å². The predicted octanol–water partition coefficient (Wildman–Crippen LogP) is 4.68. The van der Waals surface area contributed by atoms with Crippen molar-refractivity contribution >= 4 is 70.1 Å². The van der Waals surface area contributed by atoms with Gasteiger partial charge in [0.25, 0.3) is 0 Å². The zero-order valence-electron chi connectivity index (χ0n) is 23.2. The van der Waals surface area contributed by atoms with Crippen molar-refractivity contribution in [1.29, 1.82) is 0 Å². The second kappa shape index (κ2) is 15.8. The number of halogens is 4. The first kappa shape index (κ1) is 33.9. The number of alkyl halides is 2. The van der Waals surface area contributed by atoms with Gasteiger partial charge in [-0.15, -0.1) is 0 Å². The Kier molecular flexibility index (Phi) is 12.7. The van der Waals surface area contributed by atoms with Gasteiger partial charge in [0.1, 0.15) is 29.6 Å². The number of methoxy groups -OCH3 is 1. The Morgan fingerprint density at radius 1 is 1.00 bits per heavy atom. The lowest BCUT2D eigenvalue weighted by Gasteiger charge is -2.42. The number of nitrogens with zero attached hydrogens (tertiary/aromatic N) is 3. The fraction of sp³-hybridized carbons (Fsp3) is 0.448. The van der Waals surface area contributed by atoms with Crippen LogP contribution in [0.3, 0.4) is 0 Å². The van der Waals surface area contributed by atoms with Crippen molar-refractivity contribution in [3.8, 4) is 0 Å². The van der Waals surface area contributed by atoms with Crippen LogP contribution >= 0.6 is 46.4 Å². The highest BCUT2D eigenvalue weighted by Gasteiger charge is 2.44. The average Bonchev–Trinajstić information content (AvgIpc) is 2.95. The molecule has 13 heteroatoms. The molecule has 0 aliphatic carbocycles. The van der Waals surface area contributed by atoms with Crippen LogP contribution in [0.4, 0.5) is 0 Å². The minimum absolute atomic E-state index is 0.0577. The summed E-state index contributed by atoms with van der Waals surface area (Å²) in [6, 6.07) is 11.3. The van der Waals surface area contributed by atoms with Crippen molar-refractivity contribution in [3.05, 3.63) is 69.7 Å². The Hall–Kier alpha value is -2.56. The van der Waals surface area contributed by atoms with Crippen molar-refractivity contribution < 1.29 is 29.0 Å². The van der Waals surface area contributed by atoms with Gasteiger partial charge in [-0.25, -0.2) is 4.79 Å². The van der Waals surface area contributed by atoms with Crippen LogP contribution in [0.25, 0.3) is 0 Å². The van der Waals surface area contributed by atoms with Gasteiger partial charge in [-0.05, 0) is 41.8 Å². The van der Waals surface area contributed by atoms with E-state index in [4.69, 9.17) is 51.1 Å². The first-order valence-electron chi connectivity index (χ1n) is 13.4. The predicted molar refractivity (Wildman–Crippen MR) is 162 cm³/mol. The zero-order valence-corrected chi connectivity index (χ0v) is 26.2. The molecule has 3 amide bonds. The summed E-state index contributed by atoms with van der Waals surface area (Å²) < 4.78 is 5.13. The molecule has 9 nitrogen and oxygen atoms in total. The monoisotopic (exact) mass is 659 g/mol. The second-order valence-electron chi connectivity index (χ2n) is 9.86. The minimum atomic E-state index is -1.25. The number of piperazine rings is 1. The molecular weight excluding hydrogens is 628 g/mol. The molecule has 4 unspecified atom stereocenters. The van der Waals surface area contributed by atoms with Crippen LogP contribution in [0.5, 0.6) is 0 Å². The Bertz CT molecular complexity index is 1250. The normalized spacial score (nSPS) is 17.6. The lowest BCUT2D eigenvalue weighted by Crippen LogP contribution is -2.63. The molecule has 0 saturated carbocycles. The summed E-state index contributed by atoms with van der Waals surface area (Å²) in [5, 5.41) is 11.0. The van der Waals surface area contributed by atoms with Gasteiger partial charge in [0.05, 0.1) is 13.0 Å². The van der Waals surface area contributed by atoms with E-state index in [1.807, 2.05) is 0 Å². The van der Waals surface area contributed by atoms with Crippen LogP contribution in [0, 0.1) is 0 Å². The van der Waals surface area contributed by atoms with Crippen LogP contribution in [0.1, 0.15) is 30.9 Å². The highest BCUT2D eigenvalue weighted by atomic mass is 35.5. The molecular formula is C29H33Cl4N3O6. The highest BCUT2D eigenvalue weighted by molar-refractivity contribution is 6.30. The molecule has 0 bridgehead atoms. The fourth-order valence-electron chi connectivity index (χ4n) is 4.84. The van der Waals surface area contributed by atoms with Crippen molar-refractivity contribution in [2.24, 2.45) is 0 Å². The number of ether oxygens (including phenoxy) is 1. The Labute approximate surface area is 265 Å². The molecule has 4 atom stereocenters. The summed E-state index contributed by atoms with van der Waals surface area (Å²) in [5.41, 5.74) is -0.390. The van der Waals surface area contributed by atoms with E-state index >= 15 is 0 Å². The first-order valence-corrected chi connectivity index (χ1v) is 15.0. The molecule has 2 aromatic rings. The molecule has 2 aromatic carbocycles. The molecule has 42 heavy (non-hydrogen) atoms. The quantitative estimate of drug-likeness (QED) is 0.233. The largest absolute Gasteiger partial charge is 0.480 e. The second-order valence-corrected chi connectivity index (χ2v) is 11.7. The zero-order chi connectivity index (χ0) is 31.0. The summed E-state index contributed by atoms with van der Waals surface area (Å²) in [5.74, 6) is -2.86. The summed E-state index contributed by atoms with van der Waals surface area (Å²) in [4.78, 5) is 56.7. The number of hydrogen-bond acceptors (Lipinski definition) is 5. The average molecular weight is 661 g/mol. The molecule has 0 radical (unpaired) electrons. The summed E-state index contributed by atoms with van der Waals surface area (Å²) in [6.45, 7) is 1.54. The van der Waals surface area contributed by atoms with Crippen LogP contribution in [-0.4, -0.2) is 93.4 Å². The SMILES string of the molecule is CCC(C(=O)O)N(C(=O)CC1C(=O)N(C(Cl)Cc2ccc(Cl)cc2)CC(=O)N1CCOC)C(Cl)Cc1ccc(Cl)cc1. The van der Waals surface area contributed by atoms with Crippen molar-refractivity contribution in [2.45, 2.75) is 55.7 Å². The molecule has 3 rings (SSSR count). The van der Waals surface area contributed by atoms with E-state index in [2.05, 4.69) is 0 Å². The van der Waals surface area contributed by atoms with Crippen LogP contribution in [-0.2, 0) is 36.8 Å². The van der Waals surface area contributed by atoms with Gasteiger partial charge in [0.15, 0.2) is 0 Å². The third-order valence-corrected chi connectivity index (χ3v) is 8.30. The van der Waals surface area contributed by atoms with Crippen molar-refractivity contribution in [2.75, 3.05) is 26.8 Å². The number of carbonyl (C=O) groups excluding carboxylic acids is 3. The highest BCUT2D eigenvalue weighted by Crippen LogP contribution is 2.26. The van der Waals surface area contributed by atoms with E-state index < -0.39 is 53.2 Å². The smallest absolute Gasteiger partial charge is 0.326 e. The van der Waals surface area contributed by atoms with Gasteiger partial charge in [-0.3, -0.25) is 14.4 Å². The molecule has 1 saturated heterocycles. The van der Waals surface area contributed by atoms with Gasteiger partial charge in [0.2, 0.25) is 17.7 Å². The lowest BCUT2D eigenvalue weighted by molar-refractivity contribution is -0.161. The molecule has 1 aliphatic heterocycles. The molecule has 0 aromatic heterocycles. The Morgan fingerprint density at radius 3 is 2.05 bits per heavy atom.